The van der Waals surface area contributed by atoms with E-state index in [1.54, 1.807) is 16.9 Å². The molecule has 0 spiro atoms. The van der Waals surface area contributed by atoms with Gasteiger partial charge in [-0.1, -0.05) is 18.2 Å². The Kier molecular flexibility index (Phi) is 2.49. The smallest absolute Gasteiger partial charge is 0.199 e. The number of nitrogen functional groups attached to an aromatic ring is 1. The highest BCUT2D eigenvalue weighted by atomic mass is 15.5. The molecule has 0 aliphatic heterocycles. The van der Waals surface area contributed by atoms with Gasteiger partial charge in [0.1, 0.15) is 0 Å². The summed E-state index contributed by atoms with van der Waals surface area (Å²) in [7, 11) is 0. The van der Waals surface area contributed by atoms with E-state index < -0.39 is 0 Å². The number of rotatable bonds is 3. The molecule has 3 rings (SSSR count). The zero-order valence-electron chi connectivity index (χ0n) is 9.48. The van der Waals surface area contributed by atoms with Crippen molar-refractivity contribution in [2.24, 2.45) is 0 Å². The van der Waals surface area contributed by atoms with Crippen molar-refractivity contribution in [3.05, 3.63) is 42.2 Å². The summed E-state index contributed by atoms with van der Waals surface area (Å²) in [5.41, 5.74) is 8.24. The molecule has 0 saturated carbocycles. The van der Waals surface area contributed by atoms with E-state index in [9.17, 15) is 0 Å². The Morgan fingerprint density at radius 3 is 3.00 bits per heavy atom. The standard InChI is InChI=1S/C11H11N7/c12-9-4-2-1-3-8(9)5-14-10-6-13-7-11-15-16-17-18(10)11/h1-4,6-7,14H,5,12H2. The van der Waals surface area contributed by atoms with Crippen LogP contribution in [0.2, 0.25) is 0 Å². The van der Waals surface area contributed by atoms with Gasteiger partial charge in [-0.05, 0) is 22.1 Å². The molecule has 7 heteroatoms. The van der Waals surface area contributed by atoms with Crippen LogP contribution in [0.4, 0.5) is 11.5 Å². The number of fused-ring (bicyclic) bond motifs is 1. The molecule has 1 aromatic carbocycles. The fraction of sp³-hybridized carbons (Fsp3) is 0.0909. The van der Waals surface area contributed by atoms with Crippen molar-refractivity contribution in [2.45, 2.75) is 6.54 Å². The van der Waals surface area contributed by atoms with Crippen molar-refractivity contribution in [3.8, 4) is 0 Å². The van der Waals surface area contributed by atoms with Crippen LogP contribution in [0, 0.1) is 0 Å². The molecule has 3 aromatic rings. The number of aromatic nitrogens is 5. The van der Waals surface area contributed by atoms with Crippen LogP contribution in [0.25, 0.3) is 5.65 Å². The maximum Gasteiger partial charge on any atom is 0.199 e. The highest BCUT2D eigenvalue weighted by Crippen LogP contribution is 2.13. The van der Waals surface area contributed by atoms with Crippen LogP contribution in [0.1, 0.15) is 5.56 Å². The fourth-order valence-corrected chi connectivity index (χ4v) is 1.68. The Bertz CT molecular complexity index is 676. The van der Waals surface area contributed by atoms with E-state index in [-0.39, 0.29) is 0 Å². The molecule has 0 amide bonds. The Morgan fingerprint density at radius 2 is 2.11 bits per heavy atom. The van der Waals surface area contributed by atoms with Gasteiger partial charge in [-0.25, -0.2) is 0 Å². The van der Waals surface area contributed by atoms with Gasteiger partial charge in [-0.15, -0.1) is 5.10 Å². The molecular formula is C11H11N7. The lowest BCUT2D eigenvalue weighted by atomic mass is 10.2. The van der Waals surface area contributed by atoms with Crippen LogP contribution in [-0.4, -0.2) is 25.0 Å². The summed E-state index contributed by atoms with van der Waals surface area (Å²) < 4.78 is 1.59. The maximum atomic E-state index is 5.87. The van der Waals surface area contributed by atoms with E-state index in [1.165, 1.54) is 0 Å². The van der Waals surface area contributed by atoms with Gasteiger partial charge < -0.3 is 11.1 Å². The number of hydrogen-bond acceptors (Lipinski definition) is 6. The van der Waals surface area contributed by atoms with Crippen molar-refractivity contribution in [2.75, 3.05) is 11.1 Å². The quantitative estimate of drug-likeness (QED) is 0.656. The maximum absolute atomic E-state index is 5.87. The second-order valence-corrected chi connectivity index (χ2v) is 3.79. The summed E-state index contributed by atoms with van der Waals surface area (Å²) in [6, 6.07) is 7.69. The second kappa shape index (κ2) is 4.28. The van der Waals surface area contributed by atoms with Gasteiger partial charge in [-0.3, -0.25) is 4.98 Å². The summed E-state index contributed by atoms with van der Waals surface area (Å²) in [5, 5.41) is 14.5. The number of nitrogens with zero attached hydrogens (tertiary/aromatic N) is 5. The molecule has 0 saturated heterocycles. The Balaban J connectivity index is 1.85. The summed E-state index contributed by atoms with van der Waals surface area (Å²) in [6.45, 7) is 0.591. The minimum atomic E-state index is 0.591. The number of nitrogens with one attached hydrogen (secondary N) is 1. The van der Waals surface area contributed by atoms with E-state index in [0.717, 1.165) is 17.1 Å². The molecule has 2 aromatic heterocycles. The van der Waals surface area contributed by atoms with Gasteiger partial charge in [0.05, 0.1) is 12.4 Å². The molecule has 0 radical (unpaired) electrons. The van der Waals surface area contributed by atoms with E-state index in [1.807, 2.05) is 24.3 Å². The first-order chi connectivity index (χ1) is 8.84. The van der Waals surface area contributed by atoms with Crippen molar-refractivity contribution in [1.82, 2.24) is 25.0 Å². The molecule has 0 aliphatic rings. The molecule has 0 atom stereocenters. The molecule has 3 N–H and O–H groups in total. The number of hydrogen-bond donors (Lipinski definition) is 2. The Labute approximate surface area is 103 Å². The predicted octanol–water partition coefficient (Wildman–Crippen LogP) is 0.714. The lowest BCUT2D eigenvalue weighted by molar-refractivity contribution is 0.819. The van der Waals surface area contributed by atoms with Crippen molar-refractivity contribution in [3.63, 3.8) is 0 Å². The highest BCUT2D eigenvalue weighted by Gasteiger charge is 2.04. The van der Waals surface area contributed by atoms with Crippen LogP contribution < -0.4 is 11.1 Å². The van der Waals surface area contributed by atoms with Crippen molar-refractivity contribution < 1.29 is 0 Å². The zero-order valence-corrected chi connectivity index (χ0v) is 9.48. The molecule has 0 aliphatic carbocycles. The molecule has 0 unspecified atom stereocenters. The van der Waals surface area contributed by atoms with Crippen LogP contribution in [0.15, 0.2) is 36.7 Å². The van der Waals surface area contributed by atoms with Crippen LogP contribution in [0.3, 0.4) is 0 Å². The number of benzene rings is 1. The van der Waals surface area contributed by atoms with Gasteiger partial charge in [0.15, 0.2) is 11.5 Å². The molecule has 2 heterocycles. The first-order valence-electron chi connectivity index (χ1n) is 5.44. The van der Waals surface area contributed by atoms with E-state index >= 15 is 0 Å². The van der Waals surface area contributed by atoms with Gasteiger partial charge >= 0.3 is 0 Å². The van der Waals surface area contributed by atoms with E-state index in [2.05, 4.69) is 25.8 Å². The SMILES string of the molecule is Nc1ccccc1CNc1cncc2nnnn12. The fourth-order valence-electron chi connectivity index (χ4n) is 1.68. The average Bonchev–Trinajstić information content (AvgIpc) is 2.86. The third kappa shape index (κ3) is 1.81. The summed E-state index contributed by atoms with van der Waals surface area (Å²) in [4.78, 5) is 4.06. The first kappa shape index (κ1) is 10.5. The van der Waals surface area contributed by atoms with Crippen molar-refractivity contribution >= 4 is 17.2 Å². The largest absolute Gasteiger partial charge is 0.398 e. The molecule has 18 heavy (non-hydrogen) atoms. The lowest BCUT2D eigenvalue weighted by Crippen LogP contribution is -2.07. The van der Waals surface area contributed by atoms with E-state index in [4.69, 9.17) is 5.73 Å². The minimum absolute atomic E-state index is 0.591. The number of nitrogens with two attached hydrogens (primary N) is 1. The van der Waals surface area contributed by atoms with Crippen LogP contribution in [0.5, 0.6) is 0 Å². The van der Waals surface area contributed by atoms with Gasteiger partial charge in [-0.2, -0.15) is 4.52 Å². The highest BCUT2D eigenvalue weighted by molar-refractivity contribution is 5.49. The van der Waals surface area contributed by atoms with E-state index in [0.29, 0.717) is 12.2 Å². The zero-order chi connectivity index (χ0) is 12.4. The third-order valence-electron chi connectivity index (χ3n) is 2.62. The summed E-state index contributed by atoms with van der Waals surface area (Å²) >= 11 is 0. The average molecular weight is 241 g/mol. The Morgan fingerprint density at radius 1 is 1.22 bits per heavy atom. The third-order valence-corrected chi connectivity index (χ3v) is 2.62. The molecule has 90 valence electrons. The second-order valence-electron chi connectivity index (χ2n) is 3.79. The molecule has 7 nitrogen and oxygen atoms in total. The molecular weight excluding hydrogens is 230 g/mol. The number of para-hydroxylation sites is 1. The first-order valence-corrected chi connectivity index (χ1v) is 5.44. The topological polar surface area (TPSA) is 94.0 Å². The lowest BCUT2D eigenvalue weighted by Gasteiger charge is -2.08. The van der Waals surface area contributed by atoms with Crippen LogP contribution >= 0.6 is 0 Å². The van der Waals surface area contributed by atoms with Gasteiger partial charge in [0.25, 0.3) is 0 Å². The Hall–Kier alpha value is -2.70. The minimum Gasteiger partial charge on any atom is -0.398 e. The van der Waals surface area contributed by atoms with Crippen molar-refractivity contribution in [1.29, 1.82) is 0 Å². The monoisotopic (exact) mass is 241 g/mol. The number of anilines is 2. The summed E-state index contributed by atoms with van der Waals surface area (Å²) in [5.74, 6) is 0.723. The molecule has 0 fully saturated rings. The normalized spacial score (nSPS) is 10.7. The molecule has 0 bridgehead atoms. The summed E-state index contributed by atoms with van der Waals surface area (Å²) in [6.07, 6.45) is 3.27. The van der Waals surface area contributed by atoms with Crippen LogP contribution in [-0.2, 0) is 6.54 Å². The van der Waals surface area contributed by atoms with Gasteiger partial charge in [0, 0.05) is 12.2 Å². The number of tetrazole rings is 1. The predicted molar refractivity (Wildman–Crippen MR) is 66.8 cm³/mol. The van der Waals surface area contributed by atoms with Gasteiger partial charge in [0.2, 0.25) is 0 Å².